The zero-order valence-corrected chi connectivity index (χ0v) is 14.1. The Morgan fingerprint density at radius 2 is 1.87 bits per heavy atom. The quantitative estimate of drug-likeness (QED) is 0.489. The first-order chi connectivity index (χ1) is 11.0. The second-order valence-electron chi connectivity index (χ2n) is 4.74. The second-order valence-corrected chi connectivity index (χ2v) is 7.05. The molecule has 13 heteroatoms. The molecule has 125 valence electrons. The zero-order valence-electron chi connectivity index (χ0n) is 12.5. The van der Waals surface area contributed by atoms with E-state index in [-0.39, 0.29) is 11.7 Å². The van der Waals surface area contributed by atoms with E-state index in [0.29, 0.717) is 16.7 Å². The highest BCUT2D eigenvalue weighted by molar-refractivity contribution is 8.05. The van der Waals surface area contributed by atoms with Crippen LogP contribution in [0.15, 0.2) is 10.3 Å². The van der Waals surface area contributed by atoms with Crippen molar-refractivity contribution in [3.8, 4) is 0 Å². The van der Waals surface area contributed by atoms with Crippen LogP contribution in [0.5, 0.6) is 0 Å². The van der Waals surface area contributed by atoms with E-state index in [2.05, 4.69) is 41.2 Å². The third kappa shape index (κ3) is 6.11. The average molecular weight is 358 g/mol. The Kier molecular flexibility index (Phi) is 6.73. The van der Waals surface area contributed by atoms with E-state index < -0.39 is 5.97 Å². The Morgan fingerprint density at radius 1 is 1.22 bits per heavy atom. The number of tetrazole rings is 2. The molecule has 0 amide bonds. The van der Waals surface area contributed by atoms with Gasteiger partial charge in [0.2, 0.25) is 10.3 Å². The highest BCUT2D eigenvalue weighted by atomic mass is 32.2. The van der Waals surface area contributed by atoms with E-state index in [1.165, 1.54) is 23.5 Å². The van der Waals surface area contributed by atoms with Crippen LogP contribution in [0.4, 0.5) is 0 Å². The molecular weight excluding hydrogens is 342 g/mol. The van der Waals surface area contributed by atoms with Crippen molar-refractivity contribution in [3.05, 3.63) is 5.25 Å². The number of nitrogens with one attached hydrogen (secondary N) is 2. The summed E-state index contributed by atoms with van der Waals surface area (Å²) >= 11 is 2.61. The van der Waals surface area contributed by atoms with Crippen molar-refractivity contribution >= 4 is 29.5 Å². The van der Waals surface area contributed by atoms with E-state index in [1.807, 2.05) is 19.0 Å². The SMILES string of the molecule is CN(C)CC[C](Sc1nnn[nH]1)C(CC(=O)O)Sc1nnn[nH]1. The summed E-state index contributed by atoms with van der Waals surface area (Å²) in [5, 5.41) is 37.9. The van der Waals surface area contributed by atoms with Crippen molar-refractivity contribution in [2.24, 2.45) is 0 Å². The summed E-state index contributed by atoms with van der Waals surface area (Å²) in [5.74, 6) is -0.895. The van der Waals surface area contributed by atoms with Gasteiger partial charge in [-0.15, -0.1) is 10.2 Å². The number of hydrogen-bond donors (Lipinski definition) is 3. The van der Waals surface area contributed by atoms with Crippen LogP contribution in [0.3, 0.4) is 0 Å². The molecule has 2 rings (SSSR count). The van der Waals surface area contributed by atoms with Gasteiger partial charge < -0.3 is 10.0 Å². The summed E-state index contributed by atoms with van der Waals surface area (Å²) in [6.45, 7) is 0.773. The predicted octanol–water partition coefficient (Wildman–Crippen LogP) is -0.0758. The van der Waals surface area contributed by atoms with Crippen LogP contribution in [0, 0.1) is 5.25 Å². The fraction of sp³-hybridized carbons (Fsp3) is 0.600. The van der Waals surface area contributed by atoms with E-state index >= 15 is 0 Å². The number of thioether (sulfide) groups is 2. The Bertz CT molecular complexity index is 577. The highest BCUT2D eigenvalue weighted by Crippen LogP contribution is 2.40. The molecule has 0 aliphatic heterocycles. The van der Waals surface area contributed by atoms with Crippen molar-refractivity contribution in [2.75, 3.05) is 20.6 Å². The minimum Gasteiger partial charge on any atom is -0.481 e. The van der Waals surface area contributed by atoms with Crippen LogP contribution in [0.2, 0.25) is 0 Å². The molecule has 2 heterocycles. The molecule has 0 aliphatic rings. The molecule has 0 fully saturated rings. The molecule has 1 atom stereocenters. The topological polar surface area (TPSA) is 149 Å². The average Bonchev–Trinajstić information content (AvgIpc) is 3.15. The number of aromatic amines is 2. The molecule has 3 N–H and O–H groups in total. The van der Waals surface area contributed by atoms with Crippen LogP contribution >= 0.6 is 23.5 Å². The molecule has 0 bridgehead atoms. The van der Waals surface area contributed by atoms with Crippen LogP contribution < -0.4 is 0 Å². The van der Waals surface area contributed by atoms with Crippen molar-refractivity contribution in [2.45, 2.75) is 28.4 Å². The summed E-state index contributed by atoms with van der Waals surface area (Å²) < 4.78 is 0. The summed E-state index contributed by atoms with van der Waals surface area (Å²) in [6, 6.07) is 0. The maximum Gasteiger partial charge on any atom is 0.304 e. The lowest BCUT2D eigenvalue weighted by atomic mass is 10.1. The number of carboxylic acids is 1. The van der Waals surface area contributed by atoms with E-state index in [4.69, 9.17) is 0 Å². The van der Waals surface area contributed by atoms with Crippen molar-refractivity contribution < 1.29 is 9.90 Å². The standard InChI is InChI=1S/C10H16N9O2S2/c1-19(2)4-3-6(22-9-11-15-16-12-9)7(5-8(20)21)23-10-13-17-18-14-10/h7H,3-5H2,1-2H3,(H,20,21)(H,11,12,15,16)(H,13,14,17,18). The molecule has 0 saturated carbocycles. The Labute approximate surface area is 140 Å². The lowest BCUT2D eigenvalue weighted by Crippen LogP contribution is -2.22. The fourth-order valence-corrected chi connectivity index (χ4v) is 3.68. The second kappa shape index (κ2) is 8.79. The number of aromatic nitrogens is 8. The lowest BCUT2D eigenvalue weighted by molar-refractivity contribution is -0.136. The van der Waals surface area contributed by atoms with Gasteiger partial charge in [0.15, 0.2) is 0 Å². The fourth-order valence-electron chi connectivity index (χ4n) is 1.64. The maximum absolute atomic E-state index is 11.2. The number of carboxylic acid groups (broad SMARTS) is 1. The Morgan fingerprint density at radius 3 is 2.39 bits per heavy atom. The lowest BCUT2D eigenvalue weighted by Gasteiger charge is -2.23. The van der Waals surface area contributed by atoms with Gasteiger partial charge in [-0.05, 0) is 47.9 Å². The molecule has 0 spiro atoms. The largest absolute Gasteiger partial charge is 0.481 e. The molecule has 1 radical (unpaired) electrons. The number of aliphatic carboxylic acids is 1. The molecule has 1 unspecified atom stereocenters. The number of carbonyl (C=O) groups is 1. The molecule has 0 aromatic carbocycles. The third-order valence-corrected chi connectivity index (χ3v) is 5.06. The minimum atomic E-state index is -0.895. The first-order valence-electron chi connectivity index (χ1n) is 6.58. The monoisotopic (exact) mass is 358 g/mol. The number of H-pyrrole nitrogens is 2. The van der Waals surface area contributed by atoms with Gasteiger partial charge in [-0.25, -0.2) is 10.2 Å². The number of rotatable bonds is 10. The molecule has 23 heavy (non-hydrogen) atoms. The number of hydrogen-bond acceptors (Lipinski definition) is 10. The summed E-state index contributed by atoms with van der Waals surface area (Å²) in [6.07, 6.45) is 0.633. The first-order valence-corrected chi connectivity index (χ1v) is 8.28. The van der Waals surface area contributed by atoms with Crippen LogP contribution in [0.1, 0.15) is 12.8 Å². The minimum absolute atomic E-state index is 0.0529. The summed E-state index contributed by atoms with van der Waals surface area (Å²) in [5.41, 5.74) is 0. The van der Waals surface area contributed by atoms with E-state index in [9.17, 15) is 9.90 Å². The van der Waals surface area contributed by atoms with Crippen LogP contribution in [0.25, 0.3) is 0 Å². The predicted molar refractivity (Wildman–Crippen MR) is 82.5 cm³/mol. The van der Waals surface area contributed by atoms with Crippen molar-refractivity contribution in [3.63, 3.8) is 0 Å². The smallest absolute Gasteiger partial charge is 0.304 e. The highest BCUT2D eigenvalue weighted by Gasteiger charge is 2.29. The van der Waals surface area contributed by atoms with Gasteiger partial charge in [-0.1, -0.05) is 23.5 Å². The Balaban J connectivity index is 2.12. The third-order valence-electron chi connectivity index (χ3n) is 2.66. The first kappa shape index (κ1) is 17.6. The molecule has 2 aromatic heterocycles. The van der Waals surface area contributed by atoms with Crippen molar-refractivity contribution in [1.82, 2.24) is 46.1 Å². The summed E-state index contributed by atoms with van der Waals surface area (Å²) in [4.78, 5) is 13.3. The Hall–Kier alpha value is -1.73. The maximum atomic E-state index is 11.2. The van der Waals surface area contributed by atoms with Gasteiger partial charge >= 0.3 is 5.97 Å². The van der Waals surface area contributed by atoms with Crippen LogP contribution in [-0.4, -0.2) is 83.1 Å². The van der Waals surface area contributed by atoms with Gasteiger partial charge in [0.1, 0.15) is 0 Å². The normalized spacial score (nSPS) is 12.9. The molecule has 0 aliphatic carbocycles. The molecule has 11 nitrogen and oxygen atoms in total. The van der Waals surface area contributed by atoms with E-state index in [0.717, 1.165) is 11.8 Å². The van der Waals surface area contributed by atoms with Crippen molar-refractivity contribution in [1.29, 1.82) is 0 Å². The van der Waals surface area contributed by atoms with Crippen LogP contribution in [-0.2, 0) is 4.79 Å². The molecule has 2 aromatic rings. The van der Waals surface area contributed by atoms with E-state index in [1.54, 1.807) is 0 Å². The number of nitrogens with zero attached hydrogens (tertiary/aromatic N) is 7. The summed E-state index contributed by atoms with van der Waals surface area (Å²) in [7, 11) is 3.91. The molecular formula is C10H16N9O2S2. The van der Waals surface area contributed by atoms with Gasteiger partial charge in [-0.3, -0.25) is 4.79 Å². The molecule has 0 saturated heterocycles. The van der Waals surface area contributed by atoms with Gasteiger partial charge in [0.05, 0.1) is 11.7 Å². The van der Waals surface area contributed by atoms with Gasteiger partial charge in [0.25, 0.3) is 0 Å². The zero-order chi connectivity index (χ0) is 16.7. The van der Waals surface area contributed by atoms with Gasteiger partial charge in [-0.2, -0.15) is 0 Å². The van der Waals surface area contributed by atoms with Gasteiger partial charge in [0, 0.05) is 5.25 Å².